The number of aromatic nitrogens is 4. The summed E-state index contributed by atoms with van der Waals surface area (Å²) in [5, 5.41) is 11.1. The molecule has 0 saturated heterocycles. The average molecular weight is 661 g/mol. The number of benzene rings is 2. The molecule has 0 bridgehead atoms. The molecule has 6 rings (SSSR count). The van der Waals surface area contributed by atoms with Crippen molar-refractivity contribution in [3.63, 3.8) is 0 Å². The summed E-state index contributed by atoms with van der Waals surface area (Å²) in [5.74, 6) is -0.00345. The molecular weight excluding hydrogens is 629 g/mol. The Bertz CT molecular complexity index is 2100. The van der Waals surface area contributed by atoms with Gasteiger partial charge in [0.15, 0.2) is 10.8 Å². The lowest BCUT2D eigenvalue weighted by atomic mass is 10.2. The molecular formula is C31H32N8O5S2. The minimum Gasteiger partial charge on any atom is -0.330 e. The van der Waals surface area contributed by atoms with Crippen LogP contribution in [0.25, 0.3) is 16.7 Å². The van der Waals surface area contributed by atoms with Gasteiger partial charge in [-0.1, -0.05) is 24.8 Å². The topological polar surface area (TPSA) is 171 Å². The van der Waals surface area contributed by atoms with Gasteiger partial charge in [-0.2, -0.15) is 13.4 Å². The predicted molar refractivity (Wildman–Crippen MR) is 181 cm³/mol. The van der Waals surface area contributed by atoms with E-state index in [2.05, 4.69) is 39.5 Å². The highest BCUT2D eigenvalue weighted by Crippen LogP contribution is 2.33. The zero-order valence-electron chi connectivity index (χ0n) is 25.3. The van der Waals surface area contributed by atoms with Crippen molar-refractivity contribution >= 4 is 66.5 Å². The van der Waals surface area contributed by atoms with Crippen LogP contribution in [0.15, 0.2) is 78.2 Å². The normalized spacial score (nSPS) is 12.9. The molecule has 238 valence electrons. The average Bonchev–Trinajstić information content (AvgIpc) is 3.38. The standard InChI is InChI=1S/C30H28N8O2S.CH4O3S/c1-4-26(39)32-19-8-7-9-20(15-19)38-27(40)14-18(2)21-16-31-29(36-28(21)38)33-22-10-5-6-11-23(22)34-30-35-24-12-13-37(3)17-25(24)41-30;1-5(2,3)4/h4-11,14-16H,1,12-13,17H2,2-3H3,(H,32,39)(H,34,35)(H,31,33,36);1H3,(H,2,3,4). The van der Waals surface area contributed by atoms with E-state index < -0.39 is 10.1 Å². The number of amides is 1. The van der Waals surface area contributed by atoms with Crippen molar-refractivity contribution in [3.05, 3.63) is 99.9 Å². The molecule has 0 atom stereocenters. The van der Waals surface area contributed by atoms with E-state index in [1.54, 1.807) is 47.9 Å². The lowest BCUT2D eigenvalue weighted by Crippen LogP contribution is -2.25. The van der Waals surface area contributed by atoms with Gasteiger partial charge in [-0.3, -0.25) is 18.7 Å². The van der Waals surface area contributed by atoms with Crippen LogP contribution >= 0.6 is 11.3 Å². The Hall–Kier alpha value is -4.96. The van der Waals surface area contributed by atoms with Gasteiger partial charge in [0.05, 0.1) is 29.0 Å². The van der Waals surface area contributed by atoms with Gasteiger partial charge >= 0.3 is 0 Å². The monoisotopic (exact) mass is 660 g/mol. The summed E-state index contributed by atoms with van der Waals surface area (Å²) in [4.78, 5) is 42.8. The van der Waals surface area contributed by atoms with Gasteiger partial charge in [0.1, 0.15) is 0 Å². The number of likely N-dealkylation sites (N-methyl/N-ethyl adjacent to an activating group) is 1. The summed E-state index contributed by atoms with van der Waals surface area (Å²) >= 11 is 1.67. The number of para-hydroxylation sites is 2. The molecule has 0 aliphatic carbocycles. The molecule has 1 amide bonds. The Morgan fingerprint density at radius 3 is 2.52 bits per heavy atom. The highest BCUT2D eigenvalue weighted by molar-refractivity contribution is 7.85. The van der Waals surface area contributed by atoms with E-state index in [0.29, 0.717) is 29.2 Å². The van der Waals surface area contributed by atoms with Crippen LogP contribution in [0.5, 0.6) is 0 Å². The number of hydrogen-bond acceptors (Lipinski definition) is 11. The number of pyridine rings is 1. The molecule has 0 spiro atoms. The molecule has 13 nitrogen and oxygen atoms in total. The molecule has 0 radical (unpaired) electrons. The largest absolute Gasteiger partial charge is 0.330 e. The van der Waals surface area contributed by atoms with Crippen molar-refractivity contribution < 1.29 is 17.8 Å². The molecule has 0 saturated carbocycles. The number of anilines is 5. The number of nitrogens with one attached hydrogen (secondary N) is 3. The van der Waals surface area contributed by atoms with Crippen molar-refractivity contribution in [2.75, 3.05) is 35.8 Å². The van der Waals surface area contributed by atoms with E-state index in [1.165, 1.54) is 15.5 Å². The number of hydrogen-bond donors (Lipinski definition) is 4. The lowest BCUT2D eigenvalue weighted by Gasteiger charge is -2.20. The zero-order chi connectivity index (χ0) is 33.0. The lowest BCUT2D eigenvalue weighted by molar-refractivity contribution is -0.111. The second-order valence-electron chi connectivity index (χ2n) is 10.6. The van der Waals surface area contributed by atoms with Crippen LogP contribution in [0, 0.1) is 6.92 Å². The van der Waals surface area contributed by atoms with E-state index in [-0.39, 0.29) is 11.5 Å². The smallest absolute Gasteiger partial charge is 0.261 e. The van der Waals surface area contributed by atoms with E-state index in [9.17, 15) is 18.0 Å². The number of fused-ring (bicyclic) bond motifs is 2. The van der Waals surface area contributed by atoms with Crippen LogP contribution in [0.1, 0.15) is 16.1 Å². The highest BCUT2D eigenvalue weighted by Gasteiger charge is 2.19. The Balaban J connectivity index is 0.000000775. The molecule has 1 aliphatic rings. The Morgan fingerprint density at radius 1 is 1.09 bits per heavy atom. The third kappa shape index (κ3) is 8.00. The molecule has 1 aliphatic heterocycles. The summed E-state index contributed by atoms with van der Waals surface area (Å²) in [6, 6.07) is 16.4. The van der Waals surface area contributed by atoms with E-state index in [0.717, 1.165) is 52.7 Å². The third-order valence-corrected chi connectivity index (χ3v) is 7.86. The number of nitrogens with zero attached hydrogens (tertiary/aromatic N) is 5. The van der Waals surface area contributed by atoms with Gasteiger partial charge in [0.25, 0.3) is 15.7 Å². The van der Waals surface area contributed by atoms with Crippen molar-refractivity contribution in [3.8, 4) is 5.69 Å². The Morgan fingerprint density at radius 2 is 1.80 bits per heavy atom. The van der Waals surface area contributed by atoms with Crippen LogP contribution < -0.4 is 21.5 Å². The minimum atomic E-state index is -3.67. The maximum absolute atomic E-state index is 13.2. The van der Waals surface area contributed by atoms with E-state index in [4.69, 9.17) is 14.5 Å². The summed E-state index contributed by atoms with van der Waals surface area (Å²) in [6.45, 7) is 7.26. The van der Waals surface area contributed by atoms with Gasteiger partial charge in [0.2, 0.25) is 11.9 Å². The van der Waals surface area contributed by atoms with Crippen LogP contribution in [-0.4, -0.2) is 63.1 Å². The van der Waals surface area contributed by atoms with Crippen LogP contribution in [-0.2, 0) is 27.9 Å². The molecule has 4 N–H and O–H groups in total. The van der Waals surface area contributed by atoms with Gasteiger partial charge in [0, 0.05) is 47.7 Å². The Labute approximate surface area is 269 Å². The fraction of sp³-hybridized carbons (Fsp3) is 0.194. The van der Waals surface area contributed by atoms with Crippen LogP contribution in [0.2, 0.25) is 0 Å². The first-order valence-corrected chi connectivity index (χ1v) is 16.7. The molecule has 5 aromatic rings. The maximum atomic E-state index is 13.2. The summed E-state index contributed by atoms with van der Waals surface area (Å²) in [5.41, 5.74) is 4.83. The number of aryl methyl sites for hydroxylation is 1. The molecule has 4 heterocycles. The maximum Gasteiger partial charge on any atom is 0.261 e. The van der Waals surface area contributed by atoms with Crippen LogP contribution in [0.3, 0.4) is 0 Å². The highest BCUT2D eigenvalue weighted by atomic mass is 32.2. The van der Waals surface area contributed by atoms with Crippen molar-refractivity contribution in [2.24, 2.45) is 0 Å². The van der Waals surface area contributed by atoms with Crippen LogP contribution in [0.4, 0.5) is 28.1 Å². The predicted octanol–water partition coefficient (Wildman–Crippen LogP) is 4.65. The Kier molecular flexibility index (Phi) is 9.57. The molecule has 0 unspecified atom stereocenters. The fourth-order valence-electron chi connectivity index (χ4n) is 4.79. The number of carbonyl (C=O) groups is 1. The van der Waals surface area contributed by atoms with Crippen molar-refractivity contribution in [2.45, 2.75) is 19.9 Å². The first kappa shape index (κ1) is 32.4. The molecule has 46 heavy (non-hydrogen) atoms. The SMILES string of the molecule is C=CC(=O)Nc1cccc(-n2c(=O)cc(C)c3cnc(Nc4ccccc4Nc4nc5c(s4)CN(C)CC5)nc32)c1.CS(=O)(=O)O. The molecule has 0 fully saturated rings. The number of thiazole rings is 1. The number of carbonyl (C=O) groups excluding carboxylic acids is 1. The van der Waals surface area contributed by atoms with Gasteiger partial charge in [-0.25, -0.2) is 9.97 Å². The second kappa shape index (κ2) is 13.6. The molecule has 15 heteroatoms. The minimum absolute atomic E-state index is 0.243. The summed E-state index contributed by atoms with van der Waals surface area (Å²) in [6.07, 6.45) is 4.56. The third-order valence-electron chi connectivity index (χ3n) is 6.86. The van der Waals surface area contributed by atoms with Gasteiger partial charge in [-0.05, 0) is 55.9 Å². The second-order valence-corrected chi connectivity index (χ2v) is 13.1. The van der Waals surface area contributed by atoms with Crippen molar-refractivity contribution in [1.82, 2.24) is 24.4 Å². The quantitative estimate of drug-likeness (QED) is 0.141. The van der Waals surface area contributed by atoms with Gasteiger partial charge < -0.3 is 20.9 Å². The fourth-order valence-corrected chi connectivity index (χ4v) is 5.89. The first-order chi connectivity index (χ1) is 21.9. The zero-order valence-corrected chi connectivity index (χ0v) is 26.9. The summed E-state index contributed by atoms with van der Waals surface area (Å²) < 4.78 is 27.4. The van der Waals surface area contributed by atoms with Crippen molar-refractivity contribution in [1.29, 1.82) is 0 Å². The summed E-state index contributed by atoms with van der Waals surface area (Å²) in [7, 11) is -1.54. The van der Waals surface area contributed by atoms with E-state index >= 15 is 0 Å². The number of rotatable bonds is 7. The molecule has 3 aromatic heterocycles. The first-order valence-electron chi connectivity index (χ1n) is 14.0. The van der Waals surface area contributed by atoms with E-state index in [1.807, 2.05) is 31.2 Å². The molecule has 2 aromatic carbocycles. The van der Waals surface area contributed by atoms with Gasteiger partial charge in [-0.15, -0.1) is 11.3 Å².